The highest BCUT2D eigenvalue weighted by Gasteiger charge is 2.31. The Morgan fingerprint density at radius 3 is 1.67 bits per heavy atom. The van der Waals surface area contributed by atoms with E-state index in [0.717, 1.165) is 0 Å². The first-order valence-electron chi connectivity index (χ1n) is 4.01. The fraction of sp³-hybridized carbons (Fsp3) is 1.00. The third kappa shape index (κ3) is 3.76. The maximum atomic E-state index is 9.07. The van der Waals surface area contributed by atoms with Gasteiger partial charge in [-0.25, -0.2) is 0 Å². The predicted octanol–water partition coefficient (Wildman–Crippen LogP) is 0.0277. The lowest BCUT2D eigenvalue weighted by Gasteiger charge is -2.36. The SMILES string of the molecule is CC(C)(C)NC(CO)(CO)CS. The van der Waals surface area contributed by atoms with E-state index in [0.29, 0.717) is 5.75 Å². The molecule has 0 amide bonds. The van der Waals surface area contributed by atoms with Gasteiger partial charge in [0.05, 0.1) is 18.8 Å². The highest BCUT2D eigenvalue weighted by atomic mass is 32.1. The molecule has 0 unspecified atom stereocenters. The summed E-state index contributed by atoms with van der Waals surface area (Å²) >= 11 is 4.09. The molecular weight excluding hydrogens is 174 g/mol. The average Bonchev–Trinajstić information content (AvgIpc) is 1.99. The lowest BCUT2D eigenvalue weighted by atomic mass is 9.98. The van der Waals surface area contributed by atoms with Crippen LogP contribution in [0.2, 0.25) is 0 Å². The molecule has 0 spiro atoms. The van der Waals surface area contributed by atoms with Gasteiger partial charge < -0.3 is 15.5 Å². The average molecular weight is 193 g/mol. The molecule has 4 heteroatoms. The standard InChI is InChI=1S/C8H19NO2S/c1-7(2,3)9-8(4-10,5-11)6-12/h9-12H,4-6H2,1-3H3. The smallest absolute Gasteiger partial charge is 0.0740 e. The summed E-state index contributed by atoms with van der Waals surface area (Å²) in [4.78, 5) is 0. The number of thiol groups is 1. The number of aliphatic hydroxyl groups excluding tert-OH is 2. The van der Waals surface area contributed by atoms with Gasteiger partial charge in [-0.15, -0.1) is 0 Å². The Balaban J connectivity index is 4.30. The summed E-state index contributed by atoms with van der Waals surface area (Å²) < 4.78 is 0. The van der Waals surface area contributed by atoms with Crippen molar-refractivity contribution in [3.05, 3.63) is 0 Å². The molecule has 0 aliphatic rings. The fourth-order valence-electron chi connectivity index (χ4n) is 1.06. The van der Waals surface area contributed by atoms with Crippen molar-refractivity contribution in [3.8, 4) is 0 Å². The van der Waals surface area contributed by atoms with E-state index in [-0.39, 0.29) is 18.8 Å². The van der Waals surface area contributed by atoms with Crippen LogP contribution >= 0.6 is 12.6 Å². The molecule has 0 atom stereocenters. The molecule has 0 radical (unpaired) electrons. The van der Waals surface area contributed by atoms with Crippen molar-refractivity contribution in [2.75, 3.05) is 19.0 Å². The monoisotopic (exact) mass is 193 g/mol. The normalized spacial score (nSPS) is 13.5. The third-order valence-corrected chi connectivity index (χ3v) is 2.15. The van der Waals surface area contributed by atoms with E-state index in [4.69, 9.17) is 10.2 Å². The molecule has 0 aromatic rings. The van der Waals surface area contributed by atoms with Crippen LogP contribution in [0, 0.1) is 0 Å². The maximum Gasteiger partial charge on any atom is 0.0740 e. The minimum atomic E-state index is -0.665. The summed E-state index contributed by atoms with van der Waals surface area (Å²) in [5.41, 5.74) is -0.796. The second-order valence-corrected chi connectivity index (χ2v) is 4.45. The van der Waals surface area contributed by atoms with E-state index in [1.165, 1.54) is 0 Å². The van der Waals surface area contributed by atoms with E-state index < -0.39 is 5.54 Å². The zero-order chi connectivity index (χ0) is 9.83. The highest BCUT2D eigenvalue weighted by Crippen LogP contribution is 2.12. The quantitative estimate of drug-likeness (QED) is 0.476. The molecule has 0 aliphatic heterocycles. The molecule has 0 rings (SSSR count). The largest absolute Gasteiger partial charge is 0.394 e. The Morgan fingerprint density at radius 1 is 1.17 bits per heavy atom. The first-order valence-corrected chi connectivity index (χ1v) is 4.64. The summed E-state index contributed by atoms with van der Waals surface area (Å²) in [7, 11) is 0. The Kier molecular flexibility index (Phi) is 4.55. The van der Waals surface area contributed by atoms with Crippen molar-refractivity contribution in [1.29, 1.82) is 0 Å². The van der Waals surface area contributed by atoms with Gasteiger partial charge in [0.25, 0.3) is 0 Å². The zero-order valence-corrected chi connectivity index (χ0v) is 8.86. The molecule has 0 fully saturated rings. The van der Waals surface area contributed by atoms with Crippen molar-refractivity contribution in [2.45, 2.75) is 31.8 Å². The van der Waals surface area contributed by atoms with E-state index in [1.807, 2.05) is 20.8 Å². The van der Waals surface area contributed by atoms with Crippen LogP contribution in [0.15, 0.2) is 0 Å². The number of hydrogen-bond donors (Lipinski definition) is 4. The summed E-state index contributed by atoms with van der Waals surface area (Å²) in [6, 6.07) is 0. The van der Waals surface area contributed by atoms with Crippen LogP contribution in [-0.2, 0) is 0 Å². The van der Waals surface area contributed by atoms with E-state index in [9.17, 15) is 0 Å². The Labute approximate surface area is 79.6 Å². The molecule has 12 heavy (non-hydrogen) atoms. The molecule has 0 saturated heterocycles. The lowest BCUT2D eigenvalue weighted by Crippen LogP contribution is -2.60. The molecule has 3 N–H and O–H groups in total. The first-order chi connectivity index (χ1) is 5.39. The Bertz CT molecular complexity index is 121. The number of nitrogens with one attached hydrogen (secondary N) is 1. The summed E-state index contributed by atoms with van der Waals surface area (Å²) in [6.07, 6.45) is 0. The van der Waals surface area contributed by atoms with Gasteiger partial charge in [0.1, 0.15) is 0 Å². The van der Waals surface area contributed by atoms with Gasteiger partial charge in [0.15, 0.2) is 0 Å². The molecule has 0 aliphatic carbocycles. The topological polar surface area (TPSA) is 52.5 Å². The van der Waals surface area contributed by atoms with Crippen LogP contribution in [0.5, 0.6) is 0 Å². The van der Waals surface area contributed by atoms with Gasteiger partial charge in [-0.2, -0.15) is 12.6 Å². The van der Waals surface area contributed by atoms with Gasteiger partial charge in [0, 0.05) is 11.3 Å². The van der Waals surface area contributed by atoms with Crippen LogP contribution < -0.4 is 5.32 Å². The maximum absolute atomic E-state index is 9.07. The Hall–Kier alpha value is 0.230. The van der Waals surface area contributed by atoms with Gasteiger partial charge in [0.2, 0.25) is 0 Å². The van der Waals surface area contributed by atoms with Crippen molar-refractivity contribution < 1.29 is 10.2 Å². The van der Waals surface area contributed by atoms with Crippen LogP contribution in [0.3, 0.4) is 0 Å². The third-order valence-electron chi connectivity index (χ3n) is 1.55. The first kappa shape index (κ1) is 12.2. The van der Waals surface area contributed by atoms with Crippen molar-refractivity contribution in [1.82, 2.24) is 5.32 Å². The van der Waals surface area contributed by atoms with Crippen LogP contribution in [0.1, 0.15) is 20.8 Å². The number of rotatable bonds is 4. The lowest BCUT2D eigenvalue weighted by molar-refractivity contribution is 0.0865. The summed E-state index contributed by atoms with van der Waals surface area (Å²) in [5.74, 6) is 0.414. The summed E-state index contributed by atoms with van der Waals surface area (Å²) in [6.45, 7) is 5.73. The van der Waals surface area contributed by atoms with Crippen LogP contribution in [0.25, 0.3) is 0 Å². The predicted molar refractivity (Wildman–Crippen MR) is 53.6 cm³/mol. The molecule has 0 saturated carbocycles. The highest BCUT2D eigenvalue weighted by molar-refractivity contribution is 7.80. The Morgan fingerprint density at radius 2 is 1.58 bits per heavy atom. The molecular formula is C8H19NO2S. The minimum Gasteiger partial charge on any atom is -0.394 e. The van der Waals surface area contributed by atoms with E-state index in [1.54, 1.807) is 0 Å². The number of aliphatic hydroxyl groups is 2. The van der Waals surface area contributed by atoms with Crippen molar-refractivity contribution in [3.63, 3.8) is 0 Å². The zero-order valence-electron chi connectivity index (χ0n) is 7.96. The minimum absolute atomic E-state index is 0.107. The van der Waals surface area contributed by atoms with Gasteiger partial charge in [-0.3, -0.25) is 0 Å². The molecule has 3 nitrogen and oxygen atoms in total. The second kappa shape index (κ2) is 4.46. The van der Waals surface area contributed by atoms with E-state index >= 15 is 0 Å². The van der Waals surface area contributed by atoms with Crippen molar-refractivity contribution >= 4 is 12.6 Å². The molecule has 0 aromatic heterocycles. The van der Waals surface area contributed by atoms with Crippen molar-refractivity contribution in [2.24, 2.45) is 0 Å². The molecule has 0 bridgehead atoms. The fourth-order valence-corrected chi connectivity index (χ4v) is 1.34. The number of hydrogen-bond acceptors (Lipinski definition) is 4. The van der Waals surface area contributed by atoms with Gasteiger partial charge in [-0.05, 0) is 20.8 Å². The second-order valence-electron chi connectivity index (χ2n) is 4.13. The summed E-state index contributed by atoms with van der Waals surface area (Å²) in [5, 5.41) is 21.3. The van der Waals surface area contributed by atoms with Gasteiger partial charge in [-0.1, -0.05) is 0 Å². The molecule has 0 aromatic carbocycles. The molecule has 74 valence electrons. The van der Waals surface area contributed by atoms with Crippen LogP contribution in [0.4, 0.5) is 0 Å². The van der Waals surface area contributed by atoms with E-state index in [2.05, 4.69) is 17.9 Å². The molecule has 0 heterocycles. The van der Waals surface area contributed by atoms with Gasteiger partial charge >= 0.3 is 0 Å². The van der Waals surface area contributed by atoms with Crippen LogP contribution in [-0.4, -0.2) is 40.3 Å².